The second-order valence-corrected chi connectivity index (χ2v) is 4.71. The van der Waals surface area contributed by atoms with Gasteiger partial charge in [0.2, 0.25) is 0 Å². The standard InChI is InChI=1S/C12H15NO4/c1-8(14)10-6-5-9(17-12(2,3)4)7-11(10)13(15)16/h5-7H,1-4H3. The number of ether oxygens (including phenoxy) is 1. The van der Waals surface area contributed by atoms with Gasteiger partial charge in [-0.3, -0.25) is 14.9 Å². The highest BCUT2D eigenvalue weighted by molar-refractivity contribution is 5.98. The Hall–Kier alpha value is -1.91. The van der Waals surface area contributed by atoms with E-state index in [2.05, 4.69) is 0 Å². The molecule has 0 atom stereocenters. The molecule has 17 heavy (non-hydrogen) atoms. The van der Waals surface area contributed by atoms with Crippen LogP contribution in [-0.2, 0) is 0 Å². The zero-order valence-corrected chi connectivity index (χ0v) is 10.3. The van der Waals surface area contributed by atoms with Gasteiger partial charge < -0.3 is 4.74 Å². The minimum absolute atomic E-state index is 0.0938. The van der Waals surface area contributed by atoms with Gasteiger partial charge in [0.05, 0.1) is 16.6 Å². The molecule has 0 aromatic heterocycles. The Kier molecular flexibility index (Phi) is 3.50. The summed E-state index contributed by atoms with van der Waals surface area (Å²) >= 11 is 0. The molecule has 0 unspecified atom stereocenters. The first-order chi connectivity index (χ1) is 7.70. The number of nitrogens with zero attached hydrogens (tertiary/aromatic N) is 1. The second kappa shape index (κ2) is 4.53. The molecule has 0 bridgehead atoms. The lowest BCUT2D eigenvalue weighted by Crippen LogP contribution is -2.23. The Labute approximate surface area is 99.5 Å². The van der Waals surface area contributed by atoms with Crippen LogP contribution < -0.4 is 4.74 Å². The summed E-state index contributed by atoms with van der Waals surface area (Å²) in [6, 6.07) is 4.26. The molecule has 0 aliphatic heterocycles. The molecule has 0 saturated heterocycles. The number of Topliss-reactive ketones (excluding diaryl/α,β-unsaturated/α-hetero) is 1. The Morgan fingerprint density at radius 2 is 1.94 bits per heavy atom. The predicted octanol–water partition coefficient (Wildman–Crippen LogP) is 2.97. The number of nitro benzene ring substituents is 1. The van der Waals surface area contributed by atoms with E-state index in [4.69, 9.17) is 4.74 Å². The van der Waals surface area contributed by atoms with E-state index in [0.29, 0.717) is 5.75 Å². The highest BCUT2D eigenvalue weighted by Gasteiger charge is 2.20. The van der Waals surface area contributed by atoms with Gasteiger partial charge in [-0.25, -0.2) is 0 Å². The molecule has 5 heteroatoms. The topological polar surface area (TPSA) is 69.4 Å². The van der Waals surface area contributed by atoms with Crippen LogP contribution in [0.1, 0.15) is 38.1 Å². The molecule has 0 spiro atoms. The molecule has 0 aliphatic rings. The highest BCUT2D eigenvalue weighted by atomic mass is 16.6. The summed E-state index contributed by atoms with van der Waals surface area (Å²) in [5.74, 6) is 0.0493. The first-order valence-corrected chi connectivity index (χ1v) is 5.19. The zero-order valence-electron chi connectivity index (χ0n) is 10.3. The van der Waals surface area contributed by atoms with Crippen LogP contribution in [0.4, 0.5) is 5.69 Å². The van der Waals surface area contributed by atoms with Gasteiger partial charge in [-0.05, 0) is 39.8 Å². The molecular formula is C12H15NO4. The largest absolute Gasteiger partial charge is 0.488 e. The molecule has 0 fully saturated rings. The van der Waals surface area contributed by atoms with Gasteiger partial charge >= 0.3 is 0 Å². The van der Waals surface area contributed by atoms with E-state index in [0.717, 1.165) is 0 Å². The van der Waals surface area contributed by atoms with E-state index in [-0.39, 0.29) is 17.0 Å². The second-order valence-electron chi connectivity index (χ2n) is 4.71. The molecule has 1 aromatic rings. The van der Waals surface area contributed by atoms with Crippen LogP contribution in [0.5, 0.6) is 5.75 Å². The molecule has 0 aliphatic carbocycles. The molecule has 0 radical (unpaired) electrons. The third-order valence-electron chi connectivity index (χ3n) is 1.97. The summed E-state index contributed by atoms with van der Waals surface area (Å²) in [5, 5.41) is 10.8. The first kappa shape index (κ1) is 13.2. The average Bonchev–Trinajstić information content (AvgIpc) is 2.14. The Bertz CT molecular complexity index is 460. The van der Waals surface area contributed by atoms with Gasteiger partial charge in [0.15, 0.2) is 5.78 Å². The number of hydrogen-bond donors (Lipinski definition) is 0. The third kappa shape index (κ3) is 3.55. The number of ketones is 1. The van der Waals surface area contributed by atoms with Crippen LogP contribution in [0.15, 0.2) is 18.2 Å². The Balaban J connectivity index is 3.19. The van der Waals surface area contributed by atoms with Gasteiger partial charge in [-0.2, -0.15) is 0 Å². The minimum Gasteiger partial charge on any atom is -0.488 e. The lowest BCUT2D eigenvalue weighted by molar-refractivity contribution is -0.385. The van der Waals surface area contributed by atoms with Crippen molar-refractivity contribution in [1.82, 2.24) is 0 Å². The van der Waals surface area contributed by atoms with E-state index >= 15 is 0 Å². The molecular weight excluding hydrogens is 222 g/mol. The van der Waals surface area contributed by atoms with E-state index in [9.17, 15) is 14.9 Å². The van der Waals surface area contributed by atoms with Crippen molar-refractivity contribution in [2.24, 2.45) is 0 Å². The number of hydrogen-bond acceptors (Lipinski definition) is 4. The fourth-order valence-electron chi connectivity index (χ4n) is 1.38. The quantitative estimate of drug-likeness (QED) is 0.460. The summed E-state index contributed by atoms with van der Waals surface area (Å²) < 4.78 is 5.51. The maximum atomic E-state index is 11.2. The molecule has 0 amide bonds. The number of rotatable bonds is 3. The summed E-state index contributed by atoms with van der Waals surface area (Å²) in [6.45, 7) is 6.83. The zero-order chi connectivity index (χ0) is 13.2. The van der Waals surface area contributed by atoms with Crippen molar-refractivity contribution in [2.75, 3.05) is 0 Å². The van der Waals surface area contributed by atoms with Crippen molar-refractivity contribution in [1.29, 1.82) is 0 Å². The van der Waals surface area contributed by atoms with Crippen LogP contribution in [0.2, 0.25) is 0 Å². The van der Waals surface area contributed by atoms with Crippen molar-refractivity contribution in [2.45, 2.75) is 33.3 Å². The van der Waals surface area contributed by atoms with Crippen LogP contribution in [0.3, 0.4) is 0 Å². The molecule has 0 N–H and O–H groups in total. The first-order valence-electron chi connectivity index (χ1n) is 5.19. The van der Waals surface area contributed by atoms with Crippen LogP contribution in [-0.4, -0.2) is 16.3 Å². The van der Waals surface area contributed by atoms with Gasteiger partial charge in [-0.1, -0.05) is 0 Å². The lowest BCUT2D eigenvalue weighted by atomic mass is 10.1. The number of nitro groups is 1. The van der Waals surface area contributed by atoms with Crippen molar-refractivity contribution in [3.05, 3.63) is 33.9 Å². The number of carbonyl (C=O) groups excluding carboxylic acids is 1. The molecule has 1 rings (SSSR count). The van der Waals surface area contributed by atoms with Gasteiger partial charge in [0.25, 0.3) is 5.69 Å². The van der Waals surface area contributed by atoms with Crippen molar-refractivity contribution < 1.29 is 14.5 Å². The van der Waals surface area contributed by atoms with E-state index in [1.165, 1.54) is 19.1 Å². The van der Waals surface area contributed by atoms with Gasteiger partial charge in [0.1, 0.15) is 11.4 Å². The predicted molar refractivity (Wildman–Crippen MR) is 63.5 cm³/mol. The molecule has 92 valence electrons. The molecule has 0 saturated carbocycles. The highest BCUT2D eigenvalue weighted by Crippen LogP contribution is 2.27. The van der Waals surface area contributed by atoms with Crippen LogP contribution in [0.25, 0.3) is 0 Å². The van der Waals surface area contributed by atoms with E-state index < -0.39 is 10.5 Å². The smallest absolute Gasteiger partial charge is 0.283 e. The lowest BCUT2D eigenvalue weighted by Gasteiger charge is -2.21. The van der Waals surface area contributed by atoms with Crippen molar-refractivity contribution in [3.8, 4) is 5.75 Å². The van der Waals surface area contributed by atoms with Crippen LogP contribution in [0, 0.1) is 10.1 Å². The molecule has 0 heterocycles. The third-order valence-corrected chi connectivity index (χ3v) is 1.97. The summed E-state index contributed by atoms with van der Waals surface area (Å²) in [7, 11) is 0. The number of benzene rings is 1. The fraction of sp³-hybridized carbons (Fsp3) is 0.417. The van der Waals surface area contributed by atoms with Gasteiger partial charge in [-0.15, -0.1) is 0 Å². The SMILES string of the molecule is CC(=O)c1ccc(OC(C)(C)C)cc1[N+](=O)[O-]. The maximum Gasteiger partial charge on any atom is 0.283 e. The number of carbonyl (C=O) groups is 1. The Morgan fingerprint density at radius 1 is 1.35 bits per heavy atom. The van der Waals surface area contributed by atoms with Crippen molar-refractivity contribution >= 4 is 11.5 Å². The monoisotopic (exact) mass is 237 g/mol. The van der Waals surface area contributed by atoms with Crippen LogP contribution >= 0.6 is 0 Å². The van der Waals surface area contributed by atoms with Gasteiger partial charge in [0, 0.05) is 0 Å². The summed E-state index contributed by atoms with van der Waals surface area (Å²) in [5.41, 5.74) is -0.568. The van der Waals surface area contributed by atoms with E-state index in [1.54, 1.807) is 6.07 Å². The minimum atomic E-state index is -0.577. The fourth-order valence-corrected chi connectivity index (χ4v) is 1.38. The normalized spacial score (nSPS) is 11.1. The average molecular weight is 237 g/mol. The Morgan fingerprint density at radius 3 is 2.35 bits per heavy atom. The van der Waals surface area contributed by atoms with Crippen molar-refractivity contribution in [3.63, 3.8) is 0 Å². The summed E-state index contributed by atoms with van der Waals surface area (Å²) in [6.07, 6.45) is 0. The summed E-state index contributed by atoms with van der Waals surface area (Å²) in [4.78, 5) is 21.5. The maximum absolute atomic E-state index is 11.2. The van der Waals surface area contributed by atoms with E-state index in [1.807, 2.05) is 20.8 Å². The molecule has 1 aromatic carbocycles. The molecule has 5 nitrogen and oxygen atoms in total.